The third kappa shape index (κ3) is 4.27. The Labute approximate surface area is 199 Å². The molecule has 0 saturated carbocycles. The first-order valence-electron chi connectivity index (χ1n) is 11.4. The van der Waals surface area contributed by atoms with E-state index in [9.17, 15) is 0 Å². The Morgan fingerprint density at radius 2 is 1.71 bits per heavy atom. The van der Waals surface area contributed by atoms with Crippen molar-refractivity contribution < 1.29 is 4.42 Å². The summed E-state index contributed by atoms with van der Waals surface area (Å²) in [4.78, 5) is 18.2. The average molecular weight is 450 g/mol. The van der Waals surface area contributed by atoms with E-state index in [0.29, 0.717) is 0 Å². The number of hydrogen-bond donors (Lipinski definition) is 1. The molecule has 0 saturated heterocycles. The van der Waals surface area contributed by atoms with Crippen molar-refractivity contribution in [2.75, 3.05) is 5.32 Å². The van der Waals surface area contributed by atoms with Gasteiger partial charge in [0.15, 0.2) is 0 Å². The van der Waals surface area contributed by atoms with Crippen LogP contribution < -0.4 is 5.32 Å². The number of fused-ring (bicyclic) bond motifs is 1. The molecule has 170 valence electrons. The second-order valence-electron chi connectivity index (χ2n) is 8.72. The molecule has 1 atom stereocenters. The van der Waals surface area contributed by atoms with E-state index >= 15 is 0 Å². The predicted octanol–water partition coefficient (Wildman–Crippen LogP) is 6.75. The van der Waals surface area contributed by atoms with Gasteiger partial charge in [-0.1, -0.05) is 18.2 Å². The molecule has 34 heavy (non-hydrogen) atoms. The largest absolute Gasteiger partial charge is 0.464 e. The van der Waals surface area contributed by atoms with E-state index in [1.54, 1.807) is 6.26 Å². The van der Waals surface area contributed by atoms with E-state index in [0.717, 1.165) is 67.6 Å². The molecule has 0 amide bonds. The Kier molecular flexibility index (Phi) is 5.57. The van der Waals surface area contributed by atoms with Crippen LogP contribution in [0.5, 0.6) is 0 Å². The summed E-state index contributed by atoms with van der Waals surface area (Å²) in [6.07, 6.45) is 3.68. The van der Waals surface area contributed by atoms with Crippen molar-refractivity contribution >= 4 is 16.8 Å². The third-order valence-electron chi connectivity index (χ3n) is 6.06. The lowest BCUT2D eigenvalue weighted by atomic mass is 10.00. The second kappa shape index (κ2) is 8.71. The lowest BCUT2D eigenvalue weighted by molar-refractivity contribution is 0.613. The molecule has 0 unspecified atom stereocenters. The van der Waals surface area contributed by atoms with Gasteiger partial charge in [-0.05, 0) is 75.6 Å². The molecular formula is C28H27N5O. The maximum absolute atomic E-state index is 5.59. The summed E-state index contributed by atoms with van der Waals surface area (Å²) >= 11 is 0. The first-order valence-corrected chi connectivity index (χ1v) is 11.4. The van der Waals surface area contributed by atoms with Crippen molar-refractivity contribution in [3.8, 4) is 22.4 Å². The lowest BCUT2D eigenvalue weighted by Crippen LogP contribution is -2.09. The fourth-order valence-corrected chi connectivity index (χ4v) is 4.25. The zero-order chi connectivity index (χ0) is 23.8. The molecule has 3 heterocycles. The van der Waals surface area contributed by atoms with Crippen LogP contribution >= 0.6 is 0 Å². The first-order chi connectivity index (χ1) is 16.4. The molecule has 0 bridgehead atoms. The predicted molar refractivity (Wildman–Crippen MR) is 136 cm³/mol. The minimum absolute atomic E-state index is 0.0485. The summed E-state index contributed by atoms with van der Waals surface area (Å²) in [5, 5.41) is 4.66. The van der Waals surface area contributed by atoms with Gasteiger partial charge in [0.05, 0.1) is 12.0 Å². The van der Waals surface area contributed by atoms with Crippen LogP contribution in [0.1, 0.15) is 41.4 Å². The van der Waals surface area contributed by atoms with Gasteiger partial charge >= 0.3 is 0 Å². The van der Waals surface area contributed by atoms with Gasteiger partial charge in [-0.3, -0.25) is 0 Å². The quantitative estimate of drug-likeness (QED) is 0.320. The fourth-order valence-electron chi connectivity index (χ4n) is 4.25. The number of benzene rings is 2. The normalized spacial score (nSPS) is 12.1. The topological polar surface area (TPSA) is 76.7 Å². The van der Waals surface area contributed by atoms with Crippen LogP contribution in [0.2, 0.25) is 0 Å². The van der Waals surface area contributed by atoms with Crippen molar-refractivity contribution in [1.29, 1.82) is 0 Å². The Morgan fingerprint density at radius 3 is 2.53 bits per heavy atom. The monoisotopic (exact) mass is 449 g/mol. The molecule has 0 aliphatic heterocycles. The zero-order valence-electron chi connectivity index (χ0n) is 20.0. The Bertz CT molecular complexity index is 1500. The molecule has 0 radical (unpaired) electrons. The van der Waals surface area contributed by atoms with E-state index in [-0.39, 0.29) is 6.04 Å². The maximum atomic E-state index is 5.59. The number of anilines is 1. The summed E-state index contributed by atoms with van der Waals surface area (Å²) in [6.45, 7) is 10.0. The zero-order valence-corrected chi connectivity index (χ0v) is 20.0. The molecule has 0 aliphatic carbocycles. The molecule has 1 N–H and O–H groups in total. The fraction of sp³-hybridized carbons (Fsp3) is 0.214. The van der Waals surface area contributed by atoms with Crippen LogP contribution in [0.25, 0.3) is 33.4 Å². The van der Waals surface area contributed by atoms with Crippen molar-refractivity contribution in [3.05, 3.63) is 89.5 Å². The van der Waals surface area contributed by atoms with Gasteiger partial charge < -0.3 is 9.73 Å². The highest BCUT2D eigenvalue weighted by atomic mass is 16.3. The summed E-state index contributed by atoms with van der Waals surface area (Å²) in [7, 11) is 0. The molecule has 2 aromatic carbocycles. The second-order valence-corrected chi connectivity index (χ2v) is 8.72. The van der Waals surface area contributed by atoms with Crippen LogP contribution in [-0.4, -0.2) is 19.9 Å². The SMILES string of the molecule is Cc1nc(N[C@@H](C)c2cccc(-c3cnc(C)nc3C)c2)cc(-c2ccc3occ(C)c3c2)n1. The highest BCUT2D eigenvalue weighted by molar-refractivity contribution is 5.85. The number of aryl methyl sites for hydroxylation is 4. The van der Waals surface area contributed by atoms with Gasteiger partial charge in [-0.25, -0.2) is 19.9 Å². The molecule has 5 aromatic rings. The maximum Gasteiger partial charge on any atom is 0.134 e. The summed E-state index contributed by atoms with van der Waals surface area (Å²) in [6, 6.07) is 16.7. The van der Waals surface area contributed by atoms with E-state index in [2.05, 4.69) is 62.5 Å². The lowest BCUT2D eigenvalue weighted by Gasteiger charge is -2.17. The summed E-state index contributed by atoms with van der Waals surface area (Å²) in [5.74, 6) is 2.29. The number of furan rings is 1. The minimum atomic E-state index is 0.0485. The smallest absolute Gasteiger partial charge is 0.134 e. The van der Waals surface area contributed by atoms with Gasteiger partial charge in [0.25, 0.3) is 0 Å². The van der Waals surface area contributed by atoms with Gasteiger partial charge in [0.2, 0.25) is 0 Å². The summed E-state index contributed by atoms with van der Waals surface area (Å²) in [5.41, 5.74) is 8.20. The van der Waals surface area contributed by atoms with Gasteiger partial charge in [-0.2, -0.15) is 0 Å². The van der Waals surface area contributed by atoms with Crippen molar-refractivity contribution in [1.82, 2.24) is 19.9 Å². The molecule has 0 aliphatic rings. The van der Waals surface area contributed by atoms with Gasteiger partial charge in [-0.15, -0.1) is 0 Å². The number of nitrogens with one attached hydrogen (secondary N) is 1. The number of hydrogen-bond acceptors (Lipinski definition) is 6. The van der Waals surface area contributed by atoms with Crippen molar-refractivity contribution in [2.45, 2.75) is 40.7 Å². The average Bonchev–Trinajstić information content (AvgIpc) is 3.19. The minimum Gasteiger partial charge on any atom is -0.464 e. The molecule has 6 heteroatoms. The van der Waals surface area contributed by atoms with Crippen LogP contribution in [0.4, 0.5) is 5.82 Å². The number of aromatic nitrogens is 4. The molecule has 6 nitrogen and oxygen atoms in total. The van der Waals surface area contributed by atoms with E-state index < -0.39 is 0 Å². The Morgan fingerprint density at radius 1 is 0.853 bits per heavy atom. The first kappa shape index (κ1) is 21.8. The molecule has 0 spiro atoms. The van der Waals surface area contributed by atoms with Crippen LogP contribution in [-0.2, 0) is 0 Å². The molecular weight excluding hydrogens is 422 g/mol. The van der Waals surface area contributed by atoms with Gasteiger partial charge in [0, 0.05) is 40.5 Å². The highest BCUT2D eigenvalue weighted by Crippen LogP contribution is 2.29. The van der Waals surface area contributed by atoms with E-state index in [1.165, 1.54) is 0 Å². The van der Waals surface area contributed by atoms with Crippen molar-refractivity contribution in [3.63, 3.8) is 0 Å². The molecule has 0 fully saturated rings. The Balaban J connectivity index is 1.43. The number of nitrogens with zero attached hydrogens (tertiary/aromatic N) is 4. The summed E-state index contributed by atoms with van der Waals surface area (Å²) < 4.78 is 5.59. The van der Waals surface area contributed by atoms with Crippen LogP contribution in [0.3, 0.4) is 0 Å². The van der Waals surface area contributed by atoms with Crippen molar-refractivity contribution in [2.24, 2.45) is 0 Å². The van der Waals surface area contributed by atoms with E-state index in [4.69, 9.17) is 4.42 Å². The van der Waals surface area contributed by atoms with Gasteiger partial charge in [0.1, 0.15) is 23.0 Å². The van der Waals surface area contributed by atoms with E-state index in [1.807, 2.05) is 52.1 Å². The van der Waals surface area contributed by atoms with Crippen LogP contribution in [0.15, 0.2) is 65.4 Å². The highest BCUT2D eigenvalue weighted by Gasteiger charge is 2.13. The third-order valence-corrected chi connectivity index (χ3v) is 6.06. The molecule has 5 rings (SSSR count). The molecule has 3 aromatic heterocycles. The number of rotatable bonds is 5. The standard InChI is InChI=1S/C28H27N5O/c1-16-15-34-27-10-9-23(12-24(16)27)26-13-28(33-20(5)32-26)31-17(2)21-7-6-8-22(11-21)25-14-29-19(4)30-18(25)3/h6-15,17H,1-5H3,(H,31,32,33)/t17-/m0/s1. The Hall–Kier alpha value is -4.06. The van der Waals surface area contributed by atoms with Crippen LogP contribution in [0, 0.1) is 27.7 Å².